The first-order valence-electron chi connectivity index (χ1n) is 6.58. The molecular formula is C14H22BNO. The van der Waals surface area contributed by atoms with Gasteiger partial charge in [0.2, 0.25) is 0 Å². The van der Waals surface area contributed by atoms with Gasteiger partial charge in [0.05, 0.1) is 7.11 Å². The second kappa shape index (κ2) is 5.13. The molecule has 3 heteroatoms. The number of benzene rings is 1. The smallest absolute Gasteiger partial charge is 0.159 e. The van der Waals surface area contributed by atoms with Crippen LogP contribution in [0, 0.1) is 0 Å². The number of rotatable bonds is 2. The third-order valence-corrected chi connectivity index (χ3v) is 3.75. The number of methoxy groups -OCH3 is 1. The fraction of sp³-hybridized carbons (Fsp3) is 0.571. The topological polar surface area (TPSA) is 21.3 Å². The Bertz CT molecular complexity index is 405. The van der Waals surface area contributed by atoms with Crippen molar-refractivity contribution in [3.8, 4) is 5.75 Å². The first-order chi connectivity index (χ1) is 8.15. The molecule has 1 aliphatic heterocycles. The van der Waals surface area contributed by atoms with E-state index >= 15 is 0 Å². The van der Waals surface area contributed by atoms with E-state index in [2.05, 4.69) is 38.1 Å². The first kappa shape index (κ1) is 12.5. The molecule has 0 spiro atoms. The molecule has 1 aromatic carbocycles. The molecule has 2 rings (SSSR count). The van der Waals surface area contributed by atoms with Crippen molar-refractivity contribution in [1.82, 2.24) is 5.32 Å². The van der Waals surface area contributed by atoms with Gasteiger partial charge in [-0.25, -0.2) is 0 Å². The Morgan fingerprint density at radius 1 is 1.35 bits per heavy atom. The zero-order chi connectivity index (χ0) is 12.4. The maximum atomic E-state index is 5.49. The molecule has 1 N–H and O–H groups in total. The molecule has 1 aliphatic rings. The highest BCUT2D eigenvalue weighted by Gasteiger charge is 2.20. The third-order valence-electron chi connectivity index (χ3n) is 3.75. The minimum atomic E-state index is 0.552. The van der Waals surface area contributed by atoms with Gasteiger partial charge >= 0.3 is 0 Å². The Morgan fingerprint density at radius 2 is 2.12 bits per heavy atom. The van der Waals surface area contributed by atoms with E-state index in [1.165, 1.54) is 16.6 Å². The predicted molar refractivity (Wildman–Crippen MR) is 75.2 cm³/mol. The van der Waals surface area contributed by atoms with Crippen molar-refractivity contribution < 1.29 is 4.74 Å². The molecule has 0 amide bonds. The van der Waals surface area contributed by atoms with E-state index in [4.69, 9.17) is 4.74 Å². The third kappa shape index (κ3) is 2.49. The summed E-state index contributed by atoms with van der Waals surface area (Å²) in [6, 6.07) is 5.14. The normalized spacial score (nSPS) is 23.8. The molecule has 0 aromatic heterocycles. The van der Waals surface area contributed by atoms with Crippen LogP contribution in [0.4, 0.5) is 0 Å². The highest BCUT2D eigenvalue weighted by atomic mass is 16.5. The SMILES string of the molecule is CBc1cc2c(cc1OC)CC(C)NCC2C. The monoisotopic (exact) mass is 231 g/mol. The van der Waals surface area contributed by atoms with E-state index in [1.54, 1.807) is 7.11 Å². The summed E-state index contributed by atoms with van der Waals surface area (Å²) in [5.74, 6) is 1.64. The molecular weight excluding hydrogens is 209 g/mol. The summed E-state index contributed by atoms with van der Waals surface area (Å²) in [6.07, 6.45) is 1.10. The molecule has 1 aromatic rings. The van der Waals surface area contributed by atoms with Crippen molar-refractivity contribution >= 4 is 12.7 Å². The molecule has 0 saturated heterocycles. The van der Waals surface area contributed by atoms with E-state index in [0.717, 1.165) is 26.0 Å². The molecule has 0 aliphatic carbocycles. The molecule has 17 heavy (non-hydrogen) atoms. The standard InChI is InChI=1S/C14H22BNO/c1-9-8-16-10(2)5-11-6-14(17-4)13(15-3)7-12(9)11/h6-7,9-10,15-16H,5,8H2,1-4H3. The molecule has 0 bridgehead atoms. The van der Waals surface area contributed by atoms with Crippen LogP contribution in [0.1, 0.15) is 30.9 Å². The van der Waals surface area contributed by atoms with Crippen LogP contribution in [0.3, 0.4) is 0 Å². The maximum Gasteiger partial charge on any atom is 0.159 e. The summed E-state index contributed by atoms with van der Waals surface area (Å²) in [5.41, 5.74) is 4.27. The van der Waals surface area contributed by atoms with Gasteiger partial charge in [-0.1, -0.05) is 19.8 Å². The molecule has 2 atom stereocenters. The zero-order valence-corrected chi connectivity index (χ0v) is 11.3. The summed E-state index contributed by atoms with van der Waals surface area (Å²) < 4.78 is 5.49. The van der Waals surface area contributed by atoms with Gasteiger partial charge in [0.15, 0.2) is 7.28 Å². The lowest BCUT2D eigenvalue weighted by Gasteiger charge is -2.16. The molecule has 1 heterocycles. The van der Waals surface area contributed by atoms with Crippen LogP contribution in [0.5, 0.6) is 5.75 Å². The Balaban J connectivity index is 2.48. The maximum absolute atomic E-state index is 5.49. The van der Waals surface area contributed by atoms with Gasteiger partial charge in [0.1, 0.15) is 5.75 Å². The highest BCUT2D eigenvalue weighted by Crippen LogP contribution is 2.26. The van der Waals surface area contributed by atoms with E-state index in [0.29, 0.717) is 12.0 Å². The van der Waals surface area contributed by atoms with Gasteiger partial charge in [-0.2, -0.15) is 0 Å². The van der Waals surface area contributed by atoms with Crippen molar-refractivity contribution in [2.45, 2.75) is 39.1 Å². The number of hydrogen-bond donors (Lipinski definition) is 1. The van der Waals surface area contributed by atoms with Gasteiger partial charge in [0.25, 0.3) is 0 Å². The van der Waals surface area contributed by atoms with Crippen molar-refractivity contribution in [3.63, 3.8) is 0 Å². The van der Waals surface area contributed by atoms with Gasteiger partial charge in [-0.15, -0.1) is 0 Å². The zero-order valence-electron chi connectivity index (χ0n) is 11.3. The molecule has 0 saturated carbocycles. The predicted octanol–water partition coefficient (Wildman–Crippen LogP) is 1.44. The largest absolute Gasteiger partial charge is 0.497 e. The summed E-state index contributed by atoms with van der Waals surface area (Å²) in [5, 5.41) is 3.58. The second-order valence-electron chi connectivity index (χ2n) is 5.13. The number of fused-ring (bicyclic) bond motifs is 1. The average Bonchev–Trinajstić information content (AvgIpc) is 2.47. The Kier molecular flexibility index (Phi) is 3.77. The van der Waals surface area contributed by atoms with Gasteiger partial charge < -0.3 is 10.1 Å². The van der Waals surface area contributed by atoms with E-state index in [-0.39, 0.29) is 0 Å². The van der Waals surface area contributed by atoms with E-state index in [1.807, 2.05) is 0 Å². The van der Waals surface area contributed by atoms with Gasteiger partial charge in [-0.3, -0.25) is 0 Å². The molecule has 0 fully saturated rings. The number of hydrogen-bond acceptors (Lipinski definition) is 2. The summed E-state index contributed by atoms with van der Waals surface area (Å²) in [7, 11) is 2.80. The van der Waals surface area contributed by atoms with E-state index < -0.39 is 0 Å². The van der Waals surface area contributed by atoms with Crippen LogP contribution in [-0.2, 0) is 6.42 Å². The molecule has 0 radical (unpaired) electrons. The van der Waals surface area contributed by atoms with Crippen LogP contribution in [-0.4, -0.2) is 27.0 Å². The second-order valence-corrected chi connectivity index (χ2v) is 5.13. The number of nitrogens with one attached hydrogen (secondary N) is 1. The molecule has 2 unspecified atom stereocenters. The summed E-state index contributed by atoms with van der Waals surface area (Å²) in [6.45, 7) is 7.81. The minimum Gasteiger partial charge on any atom is -0.497 e. The van der Waals surface area contributed by atoms with Crippen molar-refractivity contribution in [2.75, 3.05) is 13.7 Å². The van der Waals surface area contributed by atoms with Crippen molar-refractivity contribution in [2.24, 2.45) is 0 Å². The van der Waals surface area contributed by atoms with Crippen LogP contribution in [0.2, 0.25) is 6.82 Å². The molecule has 2 nitrogen and oxygen atoms in total. The van der Waals surface area contributed by atoms with Crippen LogP contribution >= 0.6 is 0 Å². The van der Waals surface area contributed by atoms with Crippen LogP contribution in [0.25, 0.3) is 0 Å². The lowest BCUT2D eigenvalue weighted by molar-refractivity contribution is 0.417. The quantitative estimate of drug-likeness (QED) is 0.778. The Labute approximate surface area is 105 Å². The summed E-state index contributed by atoms with van der Waals surface area (Å²) in [4.78, 5) is 0. The van der Waals surface area contributed by atoms with Crippen molar-refractivity contribution in [1.29, 1.82) is 0 Å². The van der Waals surface area contributed by atoms with Crippen LogP contribution < -0.4 is 15.5 Å². The first-order valence-corrected chi connectivity index (χ1v) is 6.58. The summed E-state index contributed by atoms with van der Waals surface area (Å²) >= 11 is 0. The number of ether oxygens (including phenoxy) is 1. The minimum absolute atomic E-state index is 0.552. The Hall–Kier alpha value is -0.955. The lowest BCUT2D eigenvalue weighted by atomic mass is 9.71. The van der Waals surface area contributed by atoms with Gasteiger partial charge in [0, 0.05) is 12.6 Å². The fourth-order valence-electron chi connectivity index (χ4n) is 2.68. The fourth-order valence-corrected chi connectivity index (χ4v) is 2.68. The van der Waals surface area contributed by atoms with Gasteiger partial charge in [-0.05, 0) is 41.9 Å². The van der Waals surface area contributed by atoms with E-state index in [9.17, 15) is 0 Å². The molecule has 92 valence electrons. The Morgan fingerprint density at radius 3 is 2.76 bits per heavy atom. The van der Waals surface area contributed by atoms with Crippen molar-refractivity contribution in [3.05, 3.63) is 23.3 Å². The average molecular weight is 231 g/mol. The highest BCUT2D eigenvalue weighted by molar-refractivity contribution is 6.53. The lowest BCUT2D eigenvalue weighted by Crippen LogP contribution is -2.28. The van der Waals surface area contributed by atoms with Crippen LogP contribution in [0.15, 0.2) is 12.1 Å².